The first kappa shape index (κ1) is 20.6. The van der Waals surface area contributed by atoms with Gasteiger partial charge in [0.05, 0.1) is 18.4 Å². The van der Waals surface area contributed by atoms with Crippen molar-refractivity contribution in [3.63, 3.8) is 0 Å². The average Bonchev–Trinajstić information content (AvgIpc) is 2.75. The summed E-state index contributed by atoms with van der Waals surface area (Å²) in [7, 11) is 1.28. The van der Waals surface area contributed by atoms with Gasteiger partial charge in [-0.2, -0.15) is 0 Å². The van der Waals surface area contributed by atoms with Crippen LogP contribution < -0.4 is 21.1 Å². The summed E-state index contributed by atoms with van der Waals surface area (Å²) in [5, 5.41) is 5.57. The van der Waals surface area contributed by atoms with E-state index in [0.717, 1.165) is 5.56 Å². The molecule has 0 spiro atoms. The number of halogens is 1. The van der Waals surface area contributed by atoms with E-state index in [2.05, 4.69) is 20.4 Å². The van der Waals surface area contributed by atoms with Gasteiger partial charge in [0.15, 0.2) is 0 Å². The highest BCUT2D eigenvalue weighted by Gasteiger charge is 2.11. The van der Waals surface area contributed by atoms with Gasteiger partial charge in [-0.1, -0.05) is 12.1 Å². The zero-order valence-electron chi connectivity index (χ0n) is 16.0. The van der Waals surface area contributed by atoms with Gasteiger partial charge in [0.25, 0.3) is 0 Å². The van der Waals surface area contributed by atoms with Crippen LogP contribution in [0.5, 0.6) is 5.75 Å². The topological polar surface area (TPSA) is 116 Å². The van der Waals surface area contributed by atoms with E-state index in [1.165, 1.54) is 43.5 Å². The van der Waals surface area contributed by atoms with E-state index in [0.29, 0.717) is 17.9 Å². The SMILES string of the molecule is COC(=O)c1ccc(OC(=O)Nc2ccc(NCc3ccc(F)cc3)nc2N)cc1. The summed E-state index contributed by atoms with van der Waals surface area (Å²) in [6, 6.07) is 15.2. The summed E-state index contributed by atoms with van der Waals surface area (Å²) in [5.41, 5.74) is 7.39. The number of aromatic nitrogens is 1. The van der Waals surface area contributed by atoms with Gasteiger partial charge in [-0.15, -0.1) is 0 Å². The molecule has 0 unspecified atom stereocenters. The number of benzene rings is 2. The monoisotopic (exact) mass is 410 g/mol. The predicted molar refractivity (Wildman–Crippen MR) is 110 cm³/mol. The number of nitrogens with zero attached hydrogens (tertiary/aromatic N) is 1. The number of ether oxygens (including phenoxy) is 2. The molecule has 0 aliphatic heterocycles. The third-order valence-electron chi connectivity index (χ3n) is 4.03. The molecule has 3 aromatic rings. The van der Waals surface area contributed by atoms with Crippen molar-refractivity contribution in [3.05, 3.63) is 77.6 Å². The van der Waals surface area contributed by atoms with E-state index in [1.807, 2.05) is 0 Å². The van der Waals surface area contributed by atoms with Crippen LogP contribution in [0.4, 0.5) is 26.5 Å². The van der Waals surface area contributed by atoms with Crippen molar-refractivity contribution in [2.75, 3.05) is 23.5 Å². The summed E-state index contributed by atoms with van der Waals surface area (Å²) >= 11 is 0. The fourth-order valence-corrected chi connectivity index (χ4v) is 2.49. The Balaban J connectivity index is 1.56. The molecule has 0 aliphatic carbocycles. The molecule has 0 radical (unpaired) electrons. The number of carbonyl (C=O) groups excluding carboxylic acids is 2. The standard InChI is InChI=1S/C21H19FN4O4/c1-29-20(27)14-4-8-16(9-5-14)30-21(28)25-17-10-11-18(26-19(17)23)24-12-13-2-6-15(22)7-3-13/h2-11H,12H2,1H3,(H,25,28)(H3,23,24,26). The largest absolute Gasteiger partial charge is 0.465 e. The van der Waals surface area contributed by atoms with Crippen LogP contribution in [0.3, 0.4) is 0 Å². The van der Waals surface area contributed by atoms with Crippen molar-refractivity contribution in [2.24, 2.45) is 0 Å². The minimum atomic E-state index is -0.763. The van der Waals surface area contributed by atoms with Crippen molar-refractivity contribution < 1.29 is 23.5 Å². The molecule has 0 aliphatic rings. The van der Waals surface area contributed by atoms with Gasteiger partial charge in [-0.05, 0) is 54.1 Å². The van der Waals surface area contributed by atoms with Crippen LogP contribution in [0.25, 0.3) is 0 Å². The second-order valence-electron chi connectivity index (χ2n) is 6.14. The van der Waals surface area contributed by atoms with E-state index in [1.54, 1.807) is 24.3 Å². The number of methoxy groups -OCH3 is 1. The van der Waals surface area contributed by atoms with Crippen molar-refractivity contribution in [1.82, 2.24) is 4.98 Å². The number of amides is 1. The number of rotatable bonds is 6. The highest BCUT2D eigenvalue weighted by atomic mass is 19.1. The van der Waals surface area contributed by atoms with Crippen LogP contribution in [0.2, 0.25) is 0 Å². The molecule has 30 heavy (non-hydrogen) atoms. The third-order valence-corrected chi connectivity index (χ3v) is 4.03. The summed E-state index contributed by atoms with van der Waals surface area (Å²) in [6.45, 7) is 0.434. The van der Waals surface area contributed by atoms with E-state index in [-0.39, 0.29) is 23.1 Å². The lowest BCUT2D eigenvalue weighted by Gasteiger charge is -2.11. The lowest BCUT2D eigenvalue weighted by molar-refractivity contribution is 0.0600. The number of hydrogen-bond acceptors (Lipinski definition) is 7. The number of nitrogen functional groups attached to an aromatic ring is 1. The number of carbonyl (C=O) groups is 2. The number of nitrogens with one attached hydrogen (secondary N) is 2. The average molecular weight is 410 g/mol. The van der Waals surface area contributed by atoms with Crippen LogP contribution in [0, 0.1) is 5.82 Å². The van der Waals surface area contributed by atoms with Crippen LogP contribution in [-0.4, -0.2) is 24.2 Å². The van der Waals surface area contributed by atoms with Gasteiger partial charge in [0.2, 0.25) is 0 Å². The molecule has 8 nitrogen and oxygen atoms in total. The molecular formula is C21H19FN4O4. The number of pyridine rings is 1. The Morgan fingerprint density at radius 2 is 1.73 bits per heavy atom. The molecule has 0 saturated carbocycles. The van der Waals surface area contributed by atoms with Gasteiger partial charge in [0.1, 0.15) is 23.2 Å². The van der Waals surface area contributed by atoms with Gasteiger partial charge < -0.3 is 20.5 Å². The van der Waals surface area contributed by atoms with E-state index in [9.17, 15) is 14.0 Å². The second kappa shape index (κ2) is 9.37. The molecule has 1 aromatic heterocycles. The zero-order valence-corrected chi connectivity index (χ0v) is 16.0. The number of esters is 1. The lowest BCUT2D eigenvalue weighted by Crippen LogP contribution is -2.18. The van der Waals surface area contributed by atoms with E-state index in [4.69, 9.17) is 10.5 Å². The summed E-state index contributed by atoms with van der Waals surface area (Å²) in [4.78, 5) is 27.7. The first-order valence-electron chi connectivity index (χ1n) is 8.86. The molecule has 9 heteroatoms. The Labute approximate surface area is 171 Å². The Bertz CT molecular complexity index is 1040. The number of anilines is 3. The maximum absolute atomic E-state index is 12.9. The van der Waals surface area contributed by atoms with E-state index < -0.39 is 12.1 Å². The molecule has 2 aromatic carbocycles. The van der Waals surface area contributed by atoms with E-state index >= 15 is 0 Å². The highest BCUT2D eigenvalue weighted by Crippen LogP contribution is 2.20. The minimum Gasteiger partial charge on any atom is -0.465 e. The fraction of sp³-hybridized carbons (Fsp3) is 0.0952. The third kappa shape index (κ3) is 5.44. The zero-order chi connectivity index (χ0) is 21.5. The Kier molecular flexibility index (Phi) is 6.43. The number of hydrogen-bond donors (Lipinski definition) is 3. The molecule has 0 fully saturated rings. The molecule has 0 atom stereocenters. The molecule has 154 valence electrons. The first-order valence-corrected chi connectivity index (χ1v) is 8.86. The molecule has 1 heterocycles. The molecule has 0 saturated heterocycles. The van der Waals surface area contributed by atoms with Gasteiger partial charge >= 0.3 is 12.1 Å². The lowest BCUT2D eigenvalue weighted by atomic mass is 10.2. The van der Waals surface area contributed by atoms with Gasteiger partial charge in [-0.3, -0.25) is 5.32 Å². The van der Waals surface area contributed by atoms with Gasteiger partial charge in [-0.25, -0.2) is 19.0 Å². The molecule has 0 bridgehead atoms. The maximum atomic E-state index is 12.9. The minimum absolute atomic E-state index is 0.0945. The molecule has 4 N–H and O–H groups in total. The summed E-state index contributed by atoms with van der Waals surface area (Å²) in [6.07, 6.45) is -0.763. The maximum Gasteiger partial charge on any atom is 0.417 e. The summed E-state index contributed by atoms with van der Waals surface area (Å²) < 4.78 is 22.7. The van der Waals surface area contributed by atoms with Crippen molar-refractivity contribution in [3.8, 4) is 5.75 Å². The first-order chi connectivity index (χ1) is 14.4. The number of nitrogens with two attached hydrogens (primary N) is 1. The molecular weight excluding hydrogens is 391 g/mol. The van der Waals surface area contributed by atoms with Crippen LogP contribution in [-0.2, 0) is 11.3 Å². The smallest absolute Gasteiger partial charge is 0.417 e. The second-order valence-corrected chi connectivity index (χ2v) is 6.14. The normalized spacial score (nSPS) is 10.2. The van der Waals surface area contributed by atoms with Crippen LogP contribution in [0.15, 0.2) is 60.7 Å². The highest BCUT2D eigenvalue weighted by molar-refractivity contribution is 5.91. The Hall–Kier alpha value is -4.14. The Morgan fingerprint density at radius 3 is 2.37 bits per heavy atom. The van der Waals surface area contributed by atoms with Crippen molar-refractivity contribution in [2.45, 2.75) is 6.54 Å². The molecule has 3 rings (SSSR count). The molecule has 1 amide bonds. The Morgan fingerprint density at radius 1 is 1.03 bits per heavy atom. The van der Waals surface area contributed by atoms with Crippen molar-refractivity contribution in [1.29, 1.82) is 0 Å². The van der Waals surface area contributed by atoms with Gasteiger partial charge in [0, 0.05) is 6.54 Å². The predicted octanol–water partition coefficient (Wildman–Crippen LogP) is 3.81. The van der Waals surface area contributed by atoms with Crippen LogP contribution in [0.1, 0.15) is 15.9 Å². The quantitative estimate of drug-likeness (QED) is 0.529. The van der Waals surface area contributed by atoms with Crippen LogP contribution >= 0.6 is 0 Å². The van der Waals surface area contributed by atoms with Crippen molar-refractivity contribution >= 4 is 29.4 Å². The fourth-order valence-electron chi connectivity index (χ4n) is 2.49. The summed E-state index contributed by atoms with van der Waals surface area (Å²) in [5.74, 6) is 0.0383.